The van der Waals surface area contributed by atoms with Crippen molar-refractivity contribution in [3.8, 4) is 11.5 Å². The van der Waals surface area contributed by atoms with Gasteiger partial charge in [0, 0.05) is 0 Å². The molecule has 0 heterocycles. The first kappa shape index (κ1) is 21.0. The van der Waals surface area contributed by atoms with Gasteiger partial charge >= 0.3 is 11.9 Å². The average Bonchev–Trinajstić information content (AvgIpc) is 2.58. The van der Waals surface area contributed by atoms with Crippen LogP contribution in [0.2, 0.25) is 6.04 Å². The lowest BCUT2D eigenvalue weighted by atomic mass is 9.98. The molecule has 0 amide bonds. The fourth-order valence-electron chi connectivity index (χ4n) is 2.64. The van der Waals surface area contributed by atoms with Crippen molar-refractivity contribution in [1.29, 1.82) is 0 Å². The number of carbonyl (C=O) groups is 2. The minimum absolute atomic E-state index is 0.299. The molecule has 0 aliphatic heterocycles. The van der Waals surface area contributed by atoms with E-state index in [2.05, 4.69) is 0 Å². The van der Waals surface area contributed by atoms with Crippen molar-refractivity contribution in [3.63, 3.8) is 0 Å². The van der Waals surface area contributed by atoms with Crippen molar-refractivity contribution >= 4 is 26.6 Å². The highest BCUT2D eigenvalue weighted by Gasteiger charge is 2.20. The third kappa shape index (κ3) is 7.60. The maximum absolute atomic E-state index is 11.0. The number of ether oxygens (including phenoxy) is 2. The zero-order chi connectivity index (χ0) is 18.7. The second kappa shape index (κ2) is 11.5. The largest absolute Gasteiger partial charge is 0.493 e. The second-order valence-corrected chi connectivity index (χ2v) is 7.20. The van der Waals surface area contributed by atoms with E-state index in [9.17, 15) is 9.59 Å². The van der Waals surface area contributed by atoms with Crippen molar-refractivity contribution in [2.45, 2.75) is 44.6 Å². The van der Waals surface area contributed by atoms with E-state index in [-0.39, 0.29) is 6.42 Å². The number of carboxylic acids is 2. The van der Waals surface area contributed by atoms with Crippen LogP contribution in [0.3, 0.4) is 0 Å². The summed E-state index contributed by atoms with van der Waals surface area (Å²) in [6, 6.07) is 6.92. The fraction of sp³-hybridized carbons (Fsp3) is 0.556. The van der Waals surface area contributed by atoms with Crippen molar-refractivity contribution in [3.05, 3.63) is 18.2 Å². The fourth-order valence-corrected chi connectivity index (χ4v) is 3.94. The molecule has 6 nitrogen and oxygen atoms in total. The van der Waals surface area contributed by atoms with E-state index in [4.69, 9.17) is 19.7 Å². The number of para-hydroxylation sites is 1. The van der Waals surface area contributed by atoms with Gasteiger partial charge in [0.2, 0.25) is 0 Å². The van der Waals surface area contributed by atoms with Crippen LogP contribution in [-0.2, 0) is 9.59 Å². The quantitative estimate of drug-likeness (QED) is 0.412. The zero-order valence-corrected chi connectivity index (χ0v) is 15.8. The topological polar surface area (TPSA) is 93.1 Å². The molecule has 1 aromatic rings. The van der Waals surface area contributed by atoms with Gasteiger partial charge in [-0.2, -0.15) is 0 Å². The Morgan fingerprint density at radius 3 is 2.40 bits per heavy atom. The first-order valence-corrected chi connectivity index (χ1v) is 9.59. The molecule has 0 aliphatic carbocycles. The summed E-state index contributed by atoms with van der Waals surface area (Å²) in [5.41, 5.74) is 0. The smallest absolute Gasteiger partial charge is 0.307 e. The maximum Gasteiger partial charge on any atom is 0.307 e. The monoisotopic (exact) mass is 366 g/mol. The molecule has 0 fully saturated rings. The zero-order valence-electron chi connectivity index (χ0n) is 14.8. The molecule has 25 heavy (non-hydrogen) atoms. The first-order chi connectivity index (χ1) is 12.0. The van der Waals surface area contributed by atoms with Gasteiger partial charge in [-0.25, -0.2) is 0 Å². The molecule has 1 aromatic carbocycles. The van der Waals surface area contributed by atoms with E-state index < -0.39 is 17.9 Å². The molecule has 1 unspecified atom stereocenters. The summed E-state index contributed by atoms with van der Waals surface area (Å²) in [6.45, 7) is 0. The number of hydrogen-bond donors (Lipinski definition) is 2. The lowest BCUT2D eigenvalue weighted by molar-refractivity contribution is -0.148. The molecule has 7 heteroatoms. The number of aliphatic carboxylic acids is 2. The number of rotatable bonds is 13. The molecule has 2 radical (unpaired) electrons. The van der Waals surface area contributed by atoms with E-state index in [1.165, 1.54) is 0 Å². The number of carboxylic acid groups (broad SMARTS) is 2. The summed E-state index contributed by atoms with van der Waals surface area (Å²) in [5.74, 6) is -1.32. The highest BCUT2D eigenvalue weighted by Crippen LogP contribution is 2.23. The summed E-state index contributed by atoms with van der Waals surface area (Å²) in [5, 5.41) is 18.9. The Kier molecular flexibility index (Phi) is 9.68. The van der Waals surface area contributed by atoms with Crippen molar-refractivity contribution in [2.24, 2.45) is 5.92 Å². The van der Waals surface area contributed by atoms with Gasteiger partial charge in [0.25, 0.3) is 0 Å². The molecule has 0 aromatic heterocycles. The first-order valence-electron chi connectivity index (χ1n) is 8.39. The Morgan fingerprint density at radius 1 is 1.08 bits per heavy atom. The summed E-state index contributed by atoms with van der Waals surface area (Å²) in [7, 11) is 3.90. The molecular weight excluding hydrogens is 340 g/mol. The van der Waals surface area contributed by atoms with Crippen molar-refractivity contribution in [1.82, 2.24) is 0 Å². The summed E-state index contributed by atoms with van der Waals surface area (Å²) in [4.78, 5) is 21.6. The Bertz CT molecular complexity index is 560. The minimum Gasteiger partial charge on any atom is -0.493 e. The molecular formula is C18H26O6Si. The number of methoxy groups -OCH3 is 2. The lowest BCUT2D eigenvalue weighted by Gasteiger charge is -2.12. The molecule has 1 rings (SSSR count). The Hall–Kier alpha value is -2.02. The lowest BCUT2D eigenvalue weighted by Crippen LogP contribution is -2.18. The third-order valence-corrected chi connectivity index (χ3v) is 5.35. The van der Waals surface area contributed by atoms with Gasteiger partial charge in [-0.15, -0.1) is 0 Å². The standard InChI is InChI=1S/C18H26O6Si/c1-23-14-9-7-10-15(17(14)24-2)25-11-6-4-3-5-8-13(18(21)22)12-16(19)20/h7,9-10,13H,3-6,8,11-12H2,1-2H3,(H,19,20)(H,21,22). The normalized spacial score (nSPS) is 11.8. The second-order valence-electron chi connectivity index (χ2n) is 5.80. The predicted octanol–water partition coefficient (Wildman–Crippen LogP) is 2.58. The van der Waals surface area contributed by atoms with Gasteiger partial charge < -0.3 is 19.7 Å². The molecule has 0 saturated carbocycles. The summed E-state index contributed by atoms with van der Waals surface area (Å²) >= 11 is 0. The average molecular weight is 366 g/mol. The van der Waals surface area contributed by atoms with E-state index in [0.29, 0.717) is 15.9 Å². The van der Waals surface area contributed by atoms with Gasteiger partial charge in [0.15, 0.2) is 11.5 Å². The van der Waals surface area contributed by atoms with Crippen LogP contribution in [0.15, 0.2) is 18.2 Å². The SMILES string of the molecule is COc1cccc([Si]CCCCCCC(CC(=O)O)C(=O)O)c1OC. The highest BCUT2D eigenvalue weighted by molar-refractivity contribution is 6.54. The van der Waals surface area contributed by atoms with Crippen molar-refractivity contribution in [2.75, 3.05) is 14.2 Å². The van der Waals surface area contributed by atoms with Crippen LogP contribution in [0.1, 0.15) is 38.5 Å². The Balaban J connectivity index is 2.26. The van der Waals surface area contributed by atoms with Crippen LogP contribution >= 0.6 is 0 Å². The summed E-state index contributed by atoms with van der Waals surface area (Å²) in [6.07, 6.45) is 3.85. The Labute approximate surface area is 151 Å². The van der Waals surface area contributed by atoms with Gasteiger partial charge in [-0.1, -0.05) is 43.9 Å². The molecule has 0 aliphatic rings. The molecule has 2 N–H and O–H groups in total. The molecule has 1 atom stereocenters. The van der Waals surface area contributed by atoms with Gasteiger partial charge in [0.05, 0.1) is 36.1 Å². The van der Waals surface area contributed by atoms with Crippen LogP contribution in [0.4, 0.5) is 0 Å². The number of benzene rings is 1. The van der Waals surface area contributed by atoms with Crippen LogP contribution in [-0.4, -0.2) is 45.9 Å². The van der Waals surface area contributed by atoms with Crippen LogP contribution in [0, 0.1) is 5.92 Å². The highest BCUT2D eigenvalue weighted by atomic mass is 28.2. The summed E-state index contributed by atoms with van der Waals surface area (Å²) < 4.78 is 10.7. The molecule has 138 valence electrons. The maximum atomic E-state index is 11.0. The van der Waals surface area contributed by atoms with E-state index in [1.807, 2.05) is 18.2 Å². The van der Waals surface area contributed by atoms with E-state index in [0.717, 1.165) is 48.4 Å². The Morgan fingerprint density at radius 2 is 1.80 bits per heavy atom. The van der Waals surface area contributed by atoms with E-state index in [1.54, 1.807) is 14.2 Å². The van der Waals surface area contributed by atoms with Crippen LogP contribution in [0.5, 0.6) is 11.5 Å². The van der Waals surface area contributed by atoms with Gasteiger partial charge in [-0.05, 0) is 17.7 Å². The minimum atomic E-state index is -1.05. The molecule has 0 saturated heterocycles. The molecule has 0 bridgehead atoms. The van der Waals surface area contributed by atoms with Gasteiger partial charge in [-0.3, -0.25) is 9.59 Å². The number of unbranched alkanes of at least 4 members (excludes halogenated alkanes) is 3. The predicted molar refractivity (Wildman–Crippen MR) is 96.2 cm³/mol. The van der Waals surface area contributed by atoms with Crippen molar-refractivity contribution < 1.29 is 29.3 Å². The third-order valence-electron chi connectivity index (χ3n) is 3.97. The van der Waals surface area contributed by atoms with E-state index >= 15 is 0 Å². The van der Waals surface area contributed by atoms with Gasteiger partial charge in [0.1, 0.15) is 0 Å². The number of hydrogen-bond acceptors (Lipinski definition) is 4. The van der Waals surface area contributed by atoms with Crippen LogP contribution < -0.4 is 14.7 Å². The van der Waals surface area contributed by atoms with Crippen LogP contribution in [0.25, 0.3) is 0 Å². The molecule has 0 spiro atoms.